The maximum absolute atomic E-state index is 13.0. The molecule has 0 bridgehead atoms. The zero-order valence-electron chi connectivity index (χ0n) is 58.5. The van der Waals surface area contributed by atoms with Crippen molar-refractivity contribution in [2.45, 2.75) is 368 Å². The monoisotopic (exact) mass is 1330 g/mol. The Morgan fingerprint density at radius 3 is 0.901 bits per heavy atom. The largest absolute Gasteiger partial charge is 0.472 e. The quantitative estimate of drug-likeness (QED) is 0.0169. The first-order valence-corrected chi connectivity index (χ1v) is 39.9. The van der Waals surface area contributed by atoms with Crippen LogP contribution < -0.4 is 0 Å². The van der Waals surface area contributed by atoms with E-state index in [1.807, 2.05) is 0 Å². The summed E-state index contributed by atoms with van der Waals surface area (Å²) in [5.41, 5.74) is 0. The number of hydrogen-bond acceptors (Lipinski definition) is 15. The number of unbranched alkanes of at least 4 members (excludes halogenated alkanes) is 39. The van der Waals surface area contributed by atoms with Crippen LogP contribution in [-0.2, 0) is 65.4 Å². The van der Waals surface area contributed by atoms with Gasteiger partial charge in [0.2, 0.25) is 0 Å². The molecule has 91 heavy (non-hydrogen) atoms. The topological polar surface area (TPSA) is 237 Å². The summed E-state index contributed by atoms with van der Waals surface area (Å²) >= 11 is 0. The zero-order valence-corrected chi connectivity index (χ0v) is 60.3. The van der Waals surface area contributed by atoms with E-state index in [0.29, 0.717) is 25.7 Å². The van der Waals surface area contributed by atoms with Crippen LogP contribution >= 0.6 is 15.6 Å². The van der Waals surface area contributed by atoms with Crippen LogP contribution in [0.1, 0.15) is 349 Å². The van der Waals surface area contributed by atoms with E-state index in [0.717, 1.165) is 121 Å². The average molecular weight is 1340 g/mol. The molecule has 0 rings (SSSR count). The van der Waals surface area contributed by atoms with Gasteiger partial charge in [-0.25, -0.2) is 9.13 Å². The molecule has 0 aromatic rings. The second-order valence-corrected chi connectivity index (χ2v) is 28.7. The van der Waals surface area contributed by atoms with Gasteiger partial charge < -0.3 is 33.8 Å². The molecule has 5 atom stereocenters. The Morgan fingerprint density at radius 2 is 0.593 bits per heavy atom. The van der Waals surface area contributed by atoms with Crippen molar-refractivity contribution in [2.24, 2.45) is 5.92 Å². The molecular weight excluding hydrogens is 1200 g/mol. The van der Waals surface area contributed by atoms with E-state index in [1.54, 1.807) is 0 Å². The summed E-state index contributed by atoms with van der Waals surface area (Å²) in [5.74, 6) is -1.35. The maximum Gasteiger partial charge on any atom is 0.472 e. The molecule has 0 aliphatic carbocycles. The van der Waals surface area contributed by atoms with E-state index in [1.165, 1.54) is 148 Å². The number of carbonyl (C=O) groups excluding carboxylic acids is 4. The van der Waals surface area contributed by atoms with Gasteiger partial charge in [0.25, 0.3) is 0 Å². The SMILES string of the molecule is CCCCCC/C=C\C=C/CCCCCCCC(=O)OC[C@H](COP(=O)(O)OC[C@@H](O)COP(=O)(O)OC[C@@H](COC(=O)CCCCCCCCCC)OC(=O)CCCCCCCCCCCC)OC(=O)CCCCCCCCCCCCCCCCCC(C)C. The van der Waals surface area contributed by atoms with Crippen molar-refractivity contribution in [1.29, 1.82) is 0 Å². The Bertz CT molecular complexity index is 1850. The summed E-state index contributed by atoms with van der Waals surface area (Å²) in [6.07, 6.45) is 54.9. The Morgan fingerprint density at radius 1 is 0.341 bits per heavy atom. The maximum atomic E-state index is 13.0. The van der Waals surface area contributed by atoms with Gasteiger partial charge in [0.05, 0.1) is 26.4 Å². The summed E-state index contributed by atoms with van der Waals surface area (Å²) in [6, 6.07) is 0. The van der Waals surface area contributed by atoms with Crippen molar-refractivity contribution in [3.63, 3.8) is 0 Å². The first-order chi connectivity index (χ1) is 44.0. The fraction of sp³-hybridized carbons (Fsp3) is 0.889. The highest BCUT2D eigenvalue weighted by atomic mass is 31.2. The minimum absolute atomic E-state index is 0.101. The second kappa shape index (κ2) is 64.9. The number of aliphatic hydroxyl groups is 1. The van der Waals surface area contributed by atoms with Crippen LogP contribution in [0.4, 0.5) is 0 Å². The Balaban J connectivity index is 5.24. The van der Waals surface area contributed by atoms with E-state index in [4.69, 9.17) is 37.0 Å². The van der Waals surface area contributed by atoms with E-state index in [-0.39, 0.29) is 25.7 Å². The van der Waals surface area contributed by atoms with Gasteiger partial charge in [-0.2, -0.15) is 0 Å². The van der Waals surface area contributed by atoms with E-state index < -0.39 is 97.5 Å². The van der Waals surface area contributed by atoms with Crippen molar-refractivity contribution in [1.82, 2.24) is 0 Å². The number of hydrogen-bond donors (Lipinski definition) is 3. The van der Waals surface area contributed by atoms with Crippen LogP contribution in [0.25, 0.3) is 0 Å². The lowest BCUT2D eigenvalue weighted by atomic mass is 10.0. The predicted octanol–water partition coefficient (Wildman–Crippen LogP) is 20.5. The van der Waals surface area contributed by atoms with Gasteiger partial charge in [-0.1, -0.05) is 296 Å². The average Bonchev–Trinajstić information content (AvgIpc) is 3.73. The number of carbonyl (C=O) groups is 4. The first kappa shape index (κ1) is 88.5. The number of ether oxygens (including phenoxy) is 4. The number of aliphatic hydroxyl groups excluding tert-OH is 1. The molecule has 3 N–H and O–H groups in total. The summed E-state index contributed by atoms with van der Waals surface area (Å²) in [5, 5.41) is 10.6. The lowest BCUT2D eigenvalue weighted by Gasteiger charge is -2.21. The fourth-order valence-electron chi connectivity index (χ4n) is 10.5. The molecule has 2 unspecified atom stereocenters. The third-order valence-corrected chi connectivity index (χ3v) is 18.1. The summed E-state index contributed by atoms with van der Waals surface area (Å²) < 4.78 is 68.2. The lowest BCUT2D eigenvalue weighted by molar-refractivity contribution is -0.161. The van der Waals surface area contributed by atoms with Crippen molar-refractivity contribution < 1.29 is 80.2 Å². The molecule has 17 nitrogen and oxygen atoms in total. The predicted molar refractivity (Wildman–Crippen MR) is 368 cm³/mol. The van der Waals surface area contributed by atoms with Crippen LogP contribution in [0.15, 0.2) is 24.3 Å². The lowest BCUT2D eigenvalue weighted by Crippen LogP contribution is -2.30. The molecule has 0 heterocycles. The number of rotatable bonds is 70. The third-order valence-electron chi connectivity index (χ3n) is 16.2. The molecule has 0 spiro atoms. The summed E-state index contributed by atoms with van der Waals surface area (Å²) in [7, 11) is -9.91. The van der Waals surface area contributed by atoms with Gasteiger partial charge in [0, 0.05) is 25.7 Å². The number of allylic oxidation sites excluding steroid dienone is 4. The van der Waals surface area contributed by atoms with Gasteiger partial charge in [-0.15, -0.1) is 0 Å². The molecule has 0 saturated carbocycles. The van der Waals surface area contributed by atoms with Gasteiger partial charge >= 0.3 is 39.5 Å². The molecule has 19 heteroatoms. The van der Waals surface area contributed by atoms with Gasteiger partial charge in [0.1, 0.15) is 19.3 Å². The number of phosphoric acid groups is 2. The standard InChI is InChI=1S/C72H136O17P2/c1-6-9-12-15-18-21-23-24-26-30-33-37-41-46-51-56-70(75)83-62-68(89-72(77)58-53-48-43-38-34-31-28-25-27-29-32-35-39-44-49-54-65(4)5)64-87-91(80,81)85-60-66(73)59-84-90(78,79)86-63-67(61-82-69(74)55-50-45-40-20-17-14-11-8-3)88-71(76)57-52-47-42-36-22-19-16-13-10-7-2/h21,23-24,26,65-68,73H,6-20,22,25,27-64H2,1-5H3,(H,78,79)(H,80,81)/b23-21-,26-24-/t66-,67+,68+/m0/s1. The van der Waals surface area contributed by atoms with E-state index >= 15 is 0 Å². The van der Waals surface area contributed by atoms with Crippen molar-refractivity contribution in [3.05, 3.63) is 24.3 Å². The molecular formula is C72H136O17P2. The smallest absolute Gasteiger partial charge is 0.462 e. The molecule has 0 radical (unpaired) electrons. The number of phosphoric ester groups is 2. The van der Waals surface area contributed by atoms with Crippen molar-refractivity contribution in [2.75, 3.05) is 39.6 Å². The molecule has 0 fully saturated rings. The molecule has 0 aromatic heterocycles. The second-order valence-electron chi connectivity index (χ2n) is 25.8. The van der Waals surface area contributed by atoms with Crippen LogP contribution in [0.2, 0.25) is 0 Å². The molecule has 0 aliphatic heterocycles. The molecule has 0 amide bonds. The Hall–Kier alpha value is -2.46. The van der Waals surface area contributed by atoms with Crippen LogP contribution in [0.3, 0.4) is 0 Å². The highest BCUT2D eigenvalue weighted by Gasteiger charge is 2.30. The first-order valence-electron chi connectivity index (χ1n) is 37.0. The van der Waals surface area contributed by atoms with Crippen LogP contribution in [0, 0.1) is 5.92 Å². The van der Waals surface area contributed by atoms with E-state index in [2.05, 4.69) is 58.9 Å². The van der Waals surface area contributed by atoms with Crippen LogP contribution in [-0.4, -0.2) is 96.7 Å². The van der Waals surface area contributed by atoms with Crippen LogP contribution in [0.5, 0.6) is 0 Å². The minimum Gasteiger partial charge on any atom is -0.462 e. The highest BCUT2D eigenvalue weighted by molar-refractivity contribution is 7.47. The van der Waals surface area contributed by atoms with Crippen molar-refractivity contribution in [3.8, 4) is 0 Å². The summed E-state index contributed by atoms with van der Waals surface area (Å²) in [6.45, 7) is 7.18. The zero-order chi connectivity index (χ0) is 67.0. The minimum atomic E-state index is -4.96. The molecule has 0 saturated heterocycles. The molecule has 0 aliphatic rings. The van der Waals surface area contributed by atoms with Crippen molar-refractivity contribution >= 4 is 39.5 Å². The Kier molecular flexibility index (Phi) is 63.1. The summed E-state index contributed by atoms with van der Waals surface area (Å²) in [4.78, 5) is 72.5. The third kappa shape index (κ3) is 66.0. The van der Waals surface area contributed by atoms with Gasteiger partial charge in [0.15, 0.2) is 12.2 Å². The Labute approximate surface area is 554 Å². The normalized spacial score (nSPS) is 14.2. The highest BCUT2D eigenvalue weighted by Crippen LogP contribution is 2.45. The van der Waals surface area contributed by atoms with Gasteiger partial charge in [-0.05, 0) is 57.3 Å². The molecule has 536 valence electrons. The fourth-order valence-corrected chi connectivity index (χ4v) is 12.0. The molecule has 0 aromatic carbocycles. The van der Waals surface area contributed by atoms with Gasteiger partial charge in [-0.3, -0.25) is 37.3 Å². The number of esters is 4. The van der Waals surface area contributed by atoms with E-state index in [9.17, 15) is 43.2 Å².